The Balaban J connectivity index is 2.27. The third-order valence-corrected chi connectivity index (χ3v) is 4.41. The summed E-state index contributed by atoms with van der Waals surface area (Å²) < 4.78 is 15.4. The van der Waals surface area contributed by atoms with Crippen molar-refractivity contribution in [3.63, 3.8) is 0 Å². The number of ether oxygens (including phenoxy) is 3. The van der Waals surface area contributed by atoms with Crippen LogP contribution in [-0.2, 0) is 14.2 Å². The zero-order chi connectivity index (χ0) is 18.9. The lowest BCUT2D eigenvalue weighted by atomic mass is 9.84. The van der Waals surface area contributed by atoms with Crippen LogP contribution < -0.4 is 0 Å². The van der Waals surface area contributed by atoms with Gasteiger partial charge >= 0.3 is 0 Å². The molecule has 0 aromatic carbocycles. The first-order valence-corrected chi connectivity index (χ1v) is 7.65. The van der Waals surface area contributed by atoms with Crippen molar-refractivity contribution in [1.82, 2.24) is 0 Å². The third kappa shape index (κ3) is 3.72. The van der Waals surface area contributed by atoms with Gasteiger partial charge in [-0.1, -0.05) is 6.08 Å². The van der Waals surface area contributed by atoms with Crippen LogP contribution in [0.3, 0.4) is 0 Å². The minimum Gasteiger partial charge on any atom is -0.393 e. The van der Waals surface area contributed by atoms with E-state index < -0.39 is 67.7 Å². The summed E-state index contributed by atoms with van der Waals surface area (Å²) in [5.74, 6) is 0. The second-order valence-corrected chi connectivity index (χ2v) is 6.13. The van der Waals surface area contributed by atoms with Gasteiger partial charge in [-0.15, -0.1) is 6.58 Å². The third-order valence-electron chi connectivity index (χ3n) is 4.41. The van der Waals surface area contributed by atoms with Gasteiger partial charge in [0.05, 0.1) is 6.61 Å². The smallest absolute Gasteiger partial charge is 0.189 e. The van der Waals surface area contributed by atoms with Gasteiger partial charge in [0.2, 0.25) is 0 Å². The maximum absolute atomic E-state index is 10.2. The van der Waals surface area contributed by atoms with Gasteiger partial charge in [0.1, 0.15) is 42.2 Å². The van der Waals surface area contributed by atoms with E-state index in [-0.39, 0.29) is 6.42 Å². The Morgan fingerprint density at radius 2 is 1.48 bits per heavy atom. The molecule has 146 valence electrons. The van der Waals surface area contributed by atoms with Crippen molar-refractivity contribution in [3.05, 3.63) is 12.7 Å². The number of hydrogen-bond donors (Lipinski definition) is 8. The molecule has 25 heavy (non-hydrogen) atoms. The Bertz CT molecular complexity index is 462. The Morgan fingerprint density at radius 3 is 2.04 bits per heavy atom. The van der Waals surface area contributed by atoms with E-state index in [4.69, 9.17) is 14.2 Å². The second-order valence-electron chi connectivity index (χ2n) is 6.13. The highest BCUT2D eigenvalue weighted by molar-refractivity contribution is 5.04. The zero-order valence-electron chi connectivity index (χ0n) is 13.2. The molecule has 10 atom stereocenters. The Labute approximate surface area is 142 Å². The van der Waals surface area contributed by atoms with Gasteiger partial charge in [0.15, 0.2) is 18.9 Å². The van der Waals surface area contributed by atoms with Crippen LogP contribution in [0.25, 0.3) is 0 Å². The fourth-order valence-electron chi connectivity index (χ4n) is 2.93. The lowest BCUT2D eigenvalue weighted by molar-refractivity contribution is -0.391. The van der Waals surface area contributed by atoms with E-state index in [0.29, 0.717) is 0 Å². The molecule has 2 aliphatic heterocycles. The number of aliphatic hydroxyl groups is 8. The highest BCUT2D eigenvalue weighted by Gasteiger charge is 2.56. The summed E-state index contributed by atoms with van der Waals surface area (Å²) in [5.41, 5.74) is -1.74. The lowest BCUT2D eigenvalue weighted by Gasteiger charge is -2.50. The normalized spacial score (nSPS) is 51.3. The summed E-state index contributed by atoms with van der Waals surface area (Å²) in [6.45, 7) is 2.72. The molecule has 2 heterocycles. The van der Waals surface area contributed by atoms with Crippen LogP contribution in [0.15, 0.2) is 12.7 Å². The van der Waals surface area contributed by atoms with E-state index in [1.807, 2.05) is 0 Å². The molecule has 11 nitrogen and oxygen atoms in total. The summed E-state index contributed by atoms with van der Waals surface area (Å²) in [5, 5.41) is 78.1. The largest absolute Gasteiger partial charge is 0.393 e. The van der Waals surface area contributed by atoms with Crippen molar-refractivity contribution >= 4 is 0 Å². The second kappa shape index (κ2) is 7.90. The fourth-order valence-corrected chi connectivity index (χ4v) is 2.93. The molecule has 2 saturated heterocycles. The van der Waals surface area contributed by atoms with Gasteiger partial charge in [-0.2, -0.15) is 0 Å². The summed E-state index contributed by atoms with van der Waals surface area (Å²) in [6.07, 6.45) is -14.8. The first kappa shape index (κ1) is 20.6. The van der Waals surface area contributed by atoms with Gasteiger partial charge in [-0.25, -0.2) is 0 Å². The SMILES string of the molecule is C=CC[C@]1(CO)O[C@@H](O)[C@H](O)[C@H](O)[C@@H]1O[C@@H]1O[C@H](O)[C@@H](O)[C@H](O)[C@H]1O. The number of hydrogen-bond acceptors (Lipinski definition) is 11. The van der Waals surface area contributed by atoms with Gasteiger partial charge in [0.25, 0.3) is 0 Å². The van der Waals surface area contributed by atoms with Crippen molar-refractivity contribution in [3.8, 4) is 0 Å². The Kier molecular flexibility index (Phi) is 6.51. The molecule has 11 heteroatoms. The van der Waals surface area contributed by atoms with Crippen LogP contribution in [0.2, 0.25) is 0 Å². The fraction of sp³-hybridized carbons (Fsp3) is 0.857. The molecule has 2 aliphatic rings. The van der Waals surface area contributed by atoms with Gasteiger partial charge in [-0.05, 0) is 6.42 Å². The van der Waals surface area contributed by atoms with Crippen molar-refractivity contribution in [1.29, 1.82) is 0 Å². The molecule has 0 amide bonds. The Morgan fingerprint density at radius 1 is 0.880 bits per heavy atom. The van der Waals surface area contributed by atoms with E-state index in [9.17, 15) is 40.9 Å². The molecule has 0 aromatic heterocycles. The van der Waals surface area contributed by atoms with Crippen LogP contribution in [-0.4, -0.2) is 109 Å². The van der Waals surface area contributed by atoms with Gasteiger partial charge in [-0.3, -0.25) is 0 Å². The number of aliphatic hydroxyl groups excluding tert-OH is 8. The standard InChI is InChI=1S/C14H24O11/c1-2-3-14(4-15)10(6(17)8(19)12(22)25-14)23-13-9(20)5(16)7(18)11(21)24-13/h2,5-13,15-22H,1,3-4H2/t5-,6-,7-,8+,9+,10-,11-,12+,13+,14+/m0/s1. The molecular formula is C14H24O11. The van der Waals surface area contributed by atoms with Gasteiger partial charge in [0, 0.05) is 0 Å². The highest BCUT2D eigenvalue weighted by atomic mass is 16.8. The van der Waals surface area contributed by atoms with Crippen LogP contribution >= 0.6 is 0 Å². The van der Waals surface area contributed by atoms with Gasteiger partial charge < -0.3 is 55.1 Å². The minimum atomic E-state index is -1.89. The molecular weight excluding hydrogens is 344 g/mol. The summed E-state index contributed by atoms with van der Waals surface area (Å²) >= 11 is 0. The molecule has 8 N–H and O–H groups in total. The van der Waals surface area contributed by atoms with E-state index in [1.165, 1.54) is 6.08 Å². The van der Waals surface area contributed by atoms with Crippen molar-refractivity contribution in [2.24, 2.45) is 0 Å². The van der Waals surface area contributed by atoms with E-state index >= 15 is 0 Å². The maximum atomic E-state index is 10.2. The molecule has 0 bridgehead atoms. The summed E-state index contributed by atoms with van der Waals surface area (Å²) in [6, 6.07) is 0. The van der Waals surface area contributed by atoms with Crippen LogP contribution in [0.1, 0.15) is 6.42 Å². The molecule has 0 unspecified atom stereocenters. The monoisotopic (exact) mass is 368 g/mol. The quantitative estimate of drug-likeness (QED) is 0.218. The average Bonchev–Trinajstić information content (AvgIpc) is 2.59. The maximum Gasteiger partial charge on any atom is 0.189 e. The first-order chi connectivity index (χ1) is 11.7. The van der Waals surface area contributed by atoms with E-state index in [1.54, 1.807) is 0 Å². The molecule has 0 aromatic rings. The van der Waals surface area contributed by atoms with E-state index in [0.717, 1.165) is 0 Å². The predicted molar refractivity (Wildman–Crippen MR) is 77.5 cm³/mol. The summed E-state index contributed by atoms with van der Waals surface area (Å²) in [7, 11) is 0. The minimum absolute atomic E-state index is 0.119. The molecule has 0 aliphatic carbocycles. The molecule has 0 radical (unpaired) electrons. The first-order valence-electron chi connectivity index (χ1n) is 7.65. The van der Waals surface area contributed by atoms with Crippen LogP contribution in [0.4, 0.5) is 0 Å². The van der Waals surface area contributed by atoms with Crippen molar-refractivity contribution < 1.29 is 55.1 Å². The topological polar surface area (TPSA) is 190 Å². The van der Waals surface area contributed by atoms with E-state index in [2.05, 4.69) is 6.58 Å². The predicted octanol–water partition coefficient (Wildman–Crippen LogP) is -4.49. The lowest BCUT2D eigenvalue weighted by Crippen LogP contribution is -2.69. The molecule has 0 saturated carbocycles. The number of rotatable bonds is 5. The zero-order valence-corrected chi connectivity index (χ0v) is 13.2. The molecule has 0 spiro atoms. The Hall–Kier alpha value is -0.700. The van der Waals surface area contributed by atoms with Crippen LogP contribution in [0, 0.1) is 0 Å². The molecule has 2 rings (SSSR count). The summed E-state index contributed by atoms with van der Waals surface area (Å²) in [4.78, 5) is 0. The van der Waals surface area contributed by atoms with Crippen LogP contribution in [0.5, 0.6) is 0 Å². The van der Waals surface area contributed by atoms with Crippen molar-refractivity contribution in [2.45, 2.75) is 67.5 Å². The van der Waals surface area contributed by atoms with Crippen molar-refractivity contribution in [2.75, 3.05) is 6.61 Å². The average molecular weight is 368 g/mol. The molecule has 2 fully saturated rings. The highest BCUT2D eigenvalue weighted by Crippen LogP contribution is 2.36.